The molecule has 2 aromatic carbocycles. The molecule has 0 aliphatic heterocycles. The fourth-order valence-corrected chi connectivity index (χ4v) is 1.87. The summed E-state index contributed by atoms with van der Waals surface area (Å²) in [5, 5.41) is 0. The van der Waals surface area contributed by atoms with Gasteiger partial charge in [0, 0.05) is 11.6 Å². The molecule has 0 amide bonds. The van der Waals surface area contributed by atoms with Gasteiger partial charge >= 0.3 is 0 Å². The van der Waals surface area contributed by atoms with E-state index >= 15 is 0 Å². The summed E-state index contributed by atoms with van der Waals surface area (Å²) in [5.74, 6) is 1.36. The van der Waals surface area contributed by atoms with Gasteiger partial charge in [0.25, 0.3) is 0 Å². The highest BCUT2D eigenvalue weighted by Gasteiger charge is 2.05. The molecule has 0 N–H and O–H groups in total. The lowest BCUT2D eigenvalue weighted by Crippen LogP contribution is -1.89. The van der Waals surface area contributed by atoms with Gasteiger partial charge in [0.2, 0.25) is 0 Å². The van der Waals surface area contributed by atoms with Gasteiger partial charge in [0.05, 0.1) is 7.11 Å². The maximum absolute atomic E-state index is 5.32. The molecule has 1 nitrogen and oxygen atoms in total. The molecule has 0 saturated heterocycles. The van der Waals surface area contributed by atoms with E-state index in [1.807, 2.05) is 12.1 Å². The molecule has 1 heteroatoms. The Morgan fingerprint density at radius 1 is 1.06 bits per heavy atom. The minimum Gasteiger partial charge on any atom is -0.495 e. The summed E-state index contributed by atoms with van der Waals surface area (Å²) in [6.07, 6.45) is 0. The Morgan fingerprint density at radius 2 is 1.76 bits per heavy atom. The van der Waals surface area contributed by atoms with Gasteiger partial charge in [0.1, 0.15) is 5.75 Å². The van der Waals surface area contributed by atoms with Crippen molar-refractivity contribution in [3.05, 3.63) is 54.1 Å². The number of ether oxygens (including phenoxy) is 1. The first-order valence-electron chi connectivity index (χ1n) is 5.87. The maximum atomic E-state index is 5.32. The van der Waals surface area contributed by atoms with Crippen LogP contribution in [0.3, 0.4) is 0 Å². The van der Waals surface area contributed by atoms with E-state index in [1.165, 1.54) is 11.1 Å². The number of benzene rings is 2. The molecule has 0 aliphatic carbocycles. The lowest BCUT2D eigenvalue weighted by atomic mass is 9.98. The van der Waals surface area contributed by atoms with E-state index in [-0.39, 0.29) is 0 Å². The summed E-state index contributed by atoms with van der Waals surface area (Å²) in [5.41, 5.74) is 3.61. The Kier molecular flexibility index (Phi) is 3.48. The summed E-state index contributed by atoms with van der Waals surface area (Å²) in [6.45, 7) is 4.40. The van der Waals surface area contributed by atoms with Crippen LogP contribution in [0.15, 0.2) is 42.5 Å². The Morgan fingerprint density at radius 3 is 2.35 bits per heavy atom. The highest BCUT2D eigenvalue weighted by Crippen LogP contribution is 2.29. The van der Waals surface area contributed by atoms with Gasteiger partial charge in [-0.25, -0.2) is 0 Å². The van der Waals surface area contributed by atoms with Crippen LogP contribution in [0.5, 0.6) is 5.75 Å². The fourth-order valence-electron chi connectivity index (χ4n) is 1.87. The zero-order valence-electron chi connectivity index (χ0n) is 10.5. The van der Waals surface area contributed by atoms with Crippen molar-refractivity contribution in [1.82, 2.24) is 0 Å². The third kappa shape index (κ3) is 2.50. The standard InChI is InChI=1S/C16H17O/c1-12(2)13-8-10-14(11-9-13)15-6-4-5-7-16(15)17-3/h4-6,8-12H,1-3H3. The van der Waals surface area contributed by atoms with E-state index in [1.54, 1.807) is 7.11 Å². The first-order chi connectivity index (χ1) is 8.22. The van der Waals surface area contributed by atoms with Gasteiger partial charge in [-0.3, -0.25) is 0 Å². The maximum Gasteiger partial charge on any atom is 0.134 e. The molecular weight excluding hydrogens is 208 g/mol. The van der Waals surface area contributed by atoms with Crippen molar-refractivity contribution in [2.24, 2.45) is 0 Å². The SMILES string of the molecule is COc1[c]cccc1-c1ccc(C(C)C)cc1. The average molecular weight is 225 g/mol. The summed E-state index contributed by atoms with van der Waals surface area (Å²) in [4.78, 5) is 0. The topological polar surface area (TPSA) is 9.23 Å². The smallest absolute Gasteiger partial charge is 0.134 e. The molecule has 2 rings (SSSR count). The normalized spacial score (nSPS) is 10.6. The molecule has 87 valence electrons. The van der Waals surface area contributed by atoms with E-state index in [0.29, 0.717) is 5.92 Å². The number of hydrogen-bond donors (Lipinski definition) is 0. The Hall–Kier alpha value is -1.76. The van der Waals surface area contributed by atoms with E-state index in [4.69, 9.17) is 4.74 Å². The fraction of sp³-hybridized carbons (Fsp3) is 0.250. The van der Waals surface area contributed by atoms with Gasteiger partial charge < -0.3 is 4.74 Å². The summed E-state index contributed by atoms with van der Waals surface area (Å²) >= 11 is 0. The molecular formula is C16H17O. The van der Waals surface area contributed by atoms with Gasteiger partial charge in [-0.05, 0) is 17.0 Å². The molecule has 0 saturated carbocycles. The van der Waals surface area contributed by atoms with Crippen LogP contribution < -0.4 is 4.74 Å². The van der Waals surface area contributed by atoms with Gasteiger partial charge in [-0.1, -0.05) is 56.3 Å². The molecule has 2 aromatic rings. The second-order valence-corrected chi connectivity index (χ2v) is 4.39. The van der Waals surface area contributed by atoms with Crippen LogP contribution in [0.2, 0.25) is 0 Å². The summed E-state index contributed by atoms with van der Waals surface area (Å²) in [6, 6.07) is 17.6. The largest absolute Gasteiger partial charge is 0.495 e. The second-order valence-electron chi connectivity index (χ2n) is 4.39. The predicted octanol–water partition coefficient (Wildman–Crippen LogP) is 4.29. The first kappa shape index (κ1) is 11.7. The van der Waals surface area contributed by atoms with E-state index in [0.717, 1.165) is 11.3 Å². The van der Waals surface area contributed by atoms with Crippen LogP contribution in [-0.4, -0.2) is 7.11 Å². The van der Waals surface area contributed by atoms with E-state index in [9.17, 15) is 0 Å². The molecule has 0 aliphatic rings. The number of rotatable bonds is 3. The Labute approximate surface area is 103 Å². The lowest BCUT2D eigenvalue weighted by Gasteiger charge is -2.10. The summed E-state index contributed by atoms with van der Waals surface area (Å²) < 4.78 is 5.32. The Balaban J connectivity index is 2.40. The van der Waals surface area contributed by atoms with Crippen LogP contribution in [-0.2, 0) is 0 Å². The van der Waals surface area contributed by atoms with Gasteiger partial charge in [-0.15, -0.1) is 0 Å². The third-order valence-corrected chi connectivity index (χ3v) is 2.91. The lowest BCUT2D eigenvalue weighted by molar-refractivity contribution is 0.415. The second kappa shape index (κ2) is 5.05. The molecule has 0 atom stereocenters. The Bertz CT molecular complexity index is 483. The van der Waals surface area contributed by atoms with Crippen LogP contribution in [0.1, 0.15) is 25.3 Å². The van der Waals surface area contributed by atoms with Crippen molar-refractivity contribution in [1.29, 1.82) is 0 Å². The monoisotopic (exact) mass is 225 g/mol. The van der Waals surface area contributed by atoms with Crippen LogP contribution in [0.25, 0.3) is 11.1 Å². The van der Waals surface area contributed by atoms with Crippen molar-refractivity contribution < 1.29 is 4.74 Å². The van der Waals surface area contributed by atoms with Crippen molar-refractivity contribution in [2.45, 2.75) is 19.8 Å². The molecule has 1 radical (unpaired) electrons. The quantitative estimate of drug-likeness (QED) is 0.757. The number of para-hydroxylation sites is 1. The van der Waals surface area contributed by atoms with Crippen molar-refractivity contribution in [2.75, 3.05) is 7.11 Å². The average Bonchev–Trinajstić information content (AvgIpc) is 2.39. The zero-order chi connectivity index (χ0) is 12.3. The third-order valence-electron chi connectivity index (χ3n) is 2.91. The molecule has 17 heavy (non-hydrogen) atoms. The molecule has 0 aromatic heterocycles. The minimum absolute atomic E-state index is 0.563. The zero-order valence-corrected chi connectivity index (χ0v) is 10.5. The minimum atomic E-state index is 0.563. The van der Waals surface area contributed by atoms with Gasteiger partial charge in [-0.2, -0.15) is 0 Å². The van der Waals surface area contributed by atoms with Crippen LogP contribution >= 0.6 is 0 Å². The number of methoxy groups -OCH3 is 1. The summed E-state index contributed by atoms with van der Waals surface area (Å²) in [7, 11) is 1.68. The van der Waals surface area contributed by atoms with Crippen LogP contribution in [0, 0.1) is 6.07 Å². The first-order valence-corrected chi connectivity index (χ1v) is 5.87. The molecule has 0 unspecified atom stereocenters. The highest BCUT2D eigenvalue weighted by molar-refractivity contribution is 5.70. The van der Waals surface area contributed by atoms with E-state index in [2.05, 4.69) is 50.2 Å². The highest BCUT2D eigenvalue weighted by atomic mass is 16.5. The molecule has 0 fully saturated rings. The molecule has 0 spiro atoms. The molecule has 0 heterocycles. The van der Waals surface area contributed by atoms with Crippen molar-refractivity contribution in [3.63, 3.8) is 0 Å². The predicted molar refractivity (Wildman–Crippen MR) is 71.4 cm³/mol. The van der Waals surface area contributed by atoms with Crippen LogP contribution in [0.4, 0.5) is 0 Å². The van der Waals surface area contributed by atoms with Gasteiger partial charge in [0.15, 0.2) is 0 Å². The molecule has 0 bridgehead atoms. The van der Waals surface area contributed by atoms with Crippen molar-refractivity contribution in [3.8, 4) is 16.9 Å². The van der Waals surface area contributed by atoms with E-state index < -0.39 is 0 Å². The number of hydrogen-bond acceptors (Lipinski definition) is 1. The van der Waals surface area contributed by atoms with Crippen molar-refractivity contribution >= 4 is 0 Å².